The van der Waals surface area contributed by atoms with Crippen molar-refractivity contribution in [3.8, 4) is 50.7 Å². The maximum atomic E-state index is 8.67. The fourth-order valence-corrected chi connectivity index (χ4v) is 10.7. The molecule has 0 atom stereocenters. The van der Waals surface area contributed by atoms with E-state index in [4.69, 9.17) is 13.5 Å². The van der Waals surface area contributed by atoms with E-state index >= 15 is 0 Å². The molecule has 1 radical (unpaired) electrons. The molecular weight excluding hydrogens is 1130 g/mol. The molecule has 0 saturated heterocycles. The zero-order chi connectivity index (χ0) is 56.4. The van der Waals surface area contributed by atoms with Gasteiger partial charge in [-0.3, -0.25) is 15.0 Å². The quantitative estimate of drug-likeness (QED) is 0.107. The molecule has 9 aromatic carbocycles. The molecule has 3 heterocycles. The number of fused-ring (bicyclic) bond motifs is 7. The third kappa shape index (κ3) is 10.2. The third-order valence-electron chi connectivity index (χ3n) is 15.1. The molecule has 0 N–H and O–H groups in total. The predicted molar refractivity (Wildman–Crippen MR) is 325 cm³/mol. The Kier molecular flexibility index (Phi) is 13.9. The van der Waals surface area contributed by atoms with Gasteiger partial charge in [0.05, 0.1) is 28.3 Å². The normalized spacial score (nSPS) is 12.7. The molecule has 0 unspecified atom stereocenters. The van der Waals surface area contributed by atoms with E-state index in [-0.39, 0.29) is 42.9 Å². The van der Waals surface area contributed by atoms with Gasteiger partial charge in [-0.2, -0.15) is 0 Å². The van der Waals surface area contributed by atoms with Crippen LogP contribution in [0.3, 0.4) is 0 Å². The molecule has 6 heteroatoms. The van der Waals surface area contributed by atoms with Gasteiger partial charge in [0.2, 0.25) is 0 Å². The summed E-state index contributed by atoms with van der Waals surface area (Å²) in [4.78, 5) is 14.2. The first kappa shape index (κ1) is 50.0. The van der Waals surface area contributed by atoms with Gasteiger partial charge >= 0.3 is 0 Å². The van der Waals surface area contributed by atoms with E-state index in [1.54, 1.807) is 6.07 Å². The molecule has 0 fully saturated rings. The Bertz CT molecular complexity index is 4220. The van der Waals surface area contributed by atoms with Crippen LogP contribution >= 0.6 is 0 Å². The first-order chi connectivity index (χ1) is 38.2. The largest absolute Gasteiger partial charge is 0.501 e. The zero-order valence-electron chi connectivity index (χ0n) is 49.5. The molecule has 5 nitrogen and oxygen atoms in total. The van der Waals surface area contributed by atoms with Crippen molar-refractivity contribution in [2.75, 3.05) is 0 Å². The fourth-order valence-electron chi connectivity index (χ4n) is 10.7. The van der Waals surface area contributed by atoms with Crippen LogP contribution in [-0.2, 0) is 25.5 Å². The van der Waals surface area contributed by atoms with Gasteiger partial charge in [0.15, 0.2) is 0 Å². The van der Waals surface area contributed by atoms with E-state index in [2.05, 4.69) is 206 Å². The van der Waals surface area contributed by atoms with Crippen molar-refractivity contribution in [3.63, 3.8) is 0 Å². The molecule has 0 aliphatic rings. The smallest absolute Gasteiger partial charge is 0.121 e. The second-order valence-electron chi connectivity index (χ2n) is 22.9. The van der Waals surface area contributed by atoms with Gasteiger partial charge in [0.1, 0.15) is 5.58 Å². The first-order valence-electron chi connectivity index (χ1n) is 28.7. The summed E-state index contributed by atoms with van der Waals surface area (Å²) in [5.41, 5.74) is 16.7. The molecule has 393 valence electrons. The molecular formula is C72H68IrN4O-2. The zero-order valence-corrected chi connectivity index (χ0v) is 48.9. The van der Waals surface area contributed by atoms with Crippen LogP contribution in [0, 0.1) is 19.0 Å². The fraction of sp³-hybridized carbons (Fsp3) is 0.236. The Hall–Kier alpha value is -7.50. The van der Waals surface area contributed by atoms with E-state index in [1.807, 2.05) is 60.8 Å². The standard InChI is InChI=1S/C58H53N2O.C14H15N2.Ir/c1-33(2)42-26-43(34(3)4)28-44(27-42)38-19-21-39(22-20-38)45-30-48(35(5)6)56(49(31-45)36(7)8)60-53-17-13-12-16-52(53)59-58(60)47-25-18-37(9)55-51-29-41-24-23-40-14-10-11-15-46(40)50(41)32-54(51)61-57(47)55;1-14(2,3)12-9-10-15-13(16-12)11-7-5-4-6-8-11;/h10-24,26-36H,1-9H3;4-7,9-10H,1-3H3;/q2*-1;/i9D3;;. The molecule has 0 spiro atoms. The molecule has 0 saturated carbocycles. The minimum atomic E-state index is -2.40. The number of imidazole rings is 1. The summed E-state index contributed by atoms with van der Waals surface area (Å²) in [6, 6.07) is 63.7. The Morgan fingerprint density at radius 2 is 1.22 bits per heavy atom. The number of aromatic nitrogens is 4. The topological polar surface area (TPSA) is 56.7 Å². The van der Waals surface area contributed by atoms with Crippen LogP contribution < -0.4 is 0 Å². The third-order valence-corrected chi connectivity index (χ3v) is 15.1. The van der Waals surface area contributed by atoms with E-state index in [0.717, 1.165) is 66.3 Å². The minimum Gasteiger partial charge on any atom is -0.501 e. The number of aryl methyl sites for hydroxylation is 1. The van der Waals surface area contributed by atoms with Crippen molar-refractivity contribution in [1.82, 2.24) is 19.5 Å². The molecule has 0 aliphatic heterocycles. The van der Waals surface area contributed by atoms with Crippen molar-refractivity contribution in [1.29, 1.82) is 0 Å². The van der Waals surface area contributed by atoms with Gasteiger partial charge in [0.25, 0.3) is 0 Å². The van der Waals surface area contributed by atoms with Crippen LogP contribution in [0.1, 0.15) is 137 Å². The van der Waals surface area contributed by atoms with Gasteiger partial charge in [-0.05, 0) is 132 Å². The van der Waals surface area contributed by atoms with Crippen molar-refractivity contribution in [3.05, 3.63) is 216 Å². The van der Waals surface area contributed by atoms with E-state index < -0.39 is 6.85 Å². The number of para-hydroxylation sites is 2. The molecule has 0 aliphatic carbocycles. The summed E-state index contributed by atoms with van der Waals surface area (Å²) in [7, 11) is 0. The van der Waals surface area contributed by atoms with Crippen molar-refractivity contribution in [2.24, 2.45) is 0 Å². The number of hydrogen-bond acceptors (Lipinski definition) is 4. The average molecular weight is 1200 g/mol. The number of furan rings is 1. The molecule has 0 bridgehead atoms. The average Bonchev–Trinajstić information content (AvgIpc) is 4.25. The Morgan fingerprint density at radius 3 is 1.86 bits per heavy atom. The van der Waals surface area contributed by atoms with E-state index in [0.29, 0.717) is 39.8 Å². The van der Waals surface area contributed by atoms with E-state index in [1.165, 1.54) is 38.9 Å². The van der Waals surface area contributed by atoms with Crippen LogP contribution in [0.4, 0.5) is 0 Å². The molecule has 0 amide bonds. The maximum Gasteiger partial charge on any atom is 0.121 e. The Labute approximate surface area is 478 Å². The SMILES string of the molecule is CC(C)(C)c1ccnc(-c2[c-]cccc2)n1.[2H]C([2H])([2H])c1c[c-]c(-c2nc3ccccc3n2-c2c(C(C)C)cc(-c3ccc(-c4cc(C(C)C)cc(C(C)C)c4)cc3)cc2C(C)C)c2oc3cc4c(ccc5ccccc54)cc3c12.[Ir]. The van der Waals surface area contributed by atoms with Crippen LogP contribution in [0.5, 0.6) is 0 Å². The maximum absolute atomic E-state index is 8.67. The summed E-state index contributed by atoms with van der Waals surface area (Å²) in [6.07, 6.45) is 1.81. The van der Waals surface area contributed by atoms with Gasteiger partial charge < -0.3 is 8.98 Å². The molecule has 12 aromatic rings. The number of hydrogen-bond donors (Lipinski definition) is 0. The Balaban J connectivity index is 0.000000373. The van der Waals surface area contributed by atoms with Gasteiger partial charge in [-0.1, -0.05) is 185 Å². The van der Waals surface area contributed by atoms with Crippen molar-refractivity contribution >= 4 is 54.5 Å². The van der Waals surface area contributed by atoms with Gasteiger partial charge in [0, 0.05) is 52.6 Å². The van der Waals surface area contributed by atoms with Crippen LogP contribution in [0.15, 0.2) is 174 Å². The minimum absolute atomic E-state index is 0. The molecule has 3 aromatic heterocycles. The summed E-state index contributed by atoms with van der Waals surface area (Å²) in [5.74, 6) is 2.61. The van der Waals surface area contributed by atoms with E-state index in [9.17, 15) is 0 Å². The number of rotatable bonds is 9. The summed E-state index contributed by atoms with van der Waals surface area (Å²) < 4.78 is 35.2. The second kappa shape index (κ2) is 21.7. The Morgan fingerprint density at radius 1 is 0.577 bits per heavy atom. The second-order valence-corrected chi connectivity index (χ2v) is 22.9. The number of nitrogens with zero attached hydrogens (tertiary/aromatic N) is 4. The van der Waals surface area contributed by atoms with Crippen LogP contribution in [0.25, 0.3) is 105 Å². The van der Waals surface area contributed by atoms with Crippen LogP contribution in [-0.4, -0.2) is 19.5 Å². The molecule has 12 rings (SSSR count). The van der Waals surface area contributed by atoms with Gasteiger partial charge in [-0.15, -0.1) is 53.6 Å². The monoisotopic (exact) mass is 1200 g/mol. The summed E-state index contributed by atoms with van der Waals surface area (Å²) in [5, 5.41) is 5.65. The summed E-state index contributed by atoms with van der Waals surface area (Å²) in [6.45, 7) is 22.1. The van der Waals surface area contributed by atoms with Crippen LogP contribution in [0.2, 0.25) is 0 Å². The van der Waals surface area contributed by atoms with Gasteiger partial charge in [-0.25, -0.2) is 0 Å². The van der Waals surface area contributed by atoms with Crippen molar-refractivity contribution in [2.45, 2.75) is 112 Å². The first-order valence-corrected chi connectivity index (χ1v) is 27.2. The van der Waals surface area contributed by atoms with Crippen molar-refractivity contribution < 1.29 is 28.6 Å². The number of benzene rings is 9. The predicted octanol–water partition coefficient (Wildman–Crippen LogP) is 20.1. The molecule has 78 heavy (non-hydrogen) atoms. The summed E-state index contributed by atoms with van der Waals surface area (Å²) >= 11 is 0.